The number of hydrogen-bond acceptors (Lipinski definition) is 6. The maximum Gasteiger partial charge on any atom is 0.208 e. The van der Waals surface area contributed by atoms with E-state index in [1.165, 1.54) is 17.4 Å². The molecule has 0 spiro atoms. The van der Waals surface area contributed by atoms with Crippen molar-refractivity contribution in [3.05, 3.63) is 29.3 Å². The van der Waals surface area contributed by atoms with Crippen LogP contribution < -0.4 is 20.5 Å². The summed E-state index contributed by atoms with van der Waals surface area (Å²) in [7, 11) is -1.45. The van der Waals surface area contributed by atoms with Gasteiger partial charge in [-0.1, -0.05) is 6.07 Å². The first-order chi connectivity index (χ1) is 12.9. The normalized spacial score (nSPS) is 25.7. The Morgan fingerprint density at radius 1 is 1.33 bits per heavy atom. The first-order valence-corrected chi connectivity index (χ1v) is 11.6. The second-order valence-electron chi connectivity index (χ2n) is 7.73. The van der Waals surface area contributed by atoms with Crippen LogP contribution >= 0.6 is 0 Å². The van der Waals surface area contributed by atoms with Gasteiger partial charge in [-0.3, -0.25) is 4.90 Å². The number of rotatable bonds is 8. The van der Waals surface area contributed by atoms with E-state index in [0.717, 1.165) is 44.5 Å². The van der Waals surface area contributed by atoms with Crippen molar-refractivity contribution in [3.8, 4) is 5.75 Å². The third-order valence-corrected chi connectivity index (χ3v) is 6.62. The molecule has 2 heterocycles. The Bertz CT molecular complexity index is 755. The third kappa shape index (κ3) is 5.00. The van der Waals surface area contributed by atoms with Crippen LogP contribution in [0.3, 0.4) is 0 Å². The van der Waals surface area contributed by atoms with E-state index in [1.807, 2.05) is 6.07 Å². The molecule has 0 bridgehead atoms. The molecule has 0 saturated carbocycles. The number of nitrogens with zero attached hydrogens (tertiary/aromatic N) is 1. The summed E-state index contributed by atoms with van der Waals surface area (Å²) in [5.41, 5.74) is 8.65. The average molecular weight is 397 g/mol. The van der Waals surface area contributed by atoms with E-state index in [1.54, 1.807) is 7.11 Å². The van der Waals surface area contributed by atoms with Crippen molar-refractivity contribution in [1.82, 2.24) is 14.9 Å². The second-order valence-corrected chi connectivity index (χ2v) is 9.57. The Balaban J connectivity index is 1.74. The molecule has 0 amide bonds. The van der Waals surface area contributed by atoms with Gasteiger partial charge in [0, 0.05) is 37.8 Å². The molecule has 152 valence electrons. The summed E-state index contributed by atoms with van der Waals surface area (Å²) in [6.07, 6.45) is 5.15. The summed E-state index contributed by atoms with van der Waals surface area (Å²) in [6.45, 7) is 3.72. The minimum atomic E-state index is -3.16. The lowest BCUT2D eigenvalue weighted by atomic mass is 9.75. The molecule has 1 aromatic rings. The van der Waals surface area contributed by atoms with Crippen molar-refractivity contribution >= 4 is 10.0 Å². The predicted molar refractivity (Wildman–Crippen MR) is 107 cm³/mol. The monoisotopic (exact) mass is 396 g/mol. The molecular formula is C19H32N4O3S. The molecule has 2 unspecified atom stereocenters. The molecule has 2 aliphatic heterocycles. The van der Waals surface area contributed by atoms with Gasteiger partial charge in [0.15, 0.2) is 0 Å². The largest absolute Gasteiger partial charge is 0.497 e. The van der Waals surface area contributed by atoms with Crippen molar-refractivity contribution in [1.29, 1.82) is 0 Å². The highest BCUT2D eigenvalue weighted by Gasteiger charge is 2.41. The molecule has 0 aromatic heterocycles. The first-order valence-electron chi connectivity index (χ1n) is 9.66. The molecule has 1 fully saturated rings. The number of nitrogens with two attached hydrogens (primary N) is 1. The van der Waals surface area contributed by atoms with Gasteiger partial charge in [0.05, 0.1) is 13.4 Å². The Kier molecular flexibility index (Phi) is 6.43. The number of methoxy groups -OCH3 is 1. The van der Waals surface area contributed by atoms with Crippen molar-refractivity contribution in [2.24, 2.45) is 5.73 Å². The van der Waals surface area contributed by atoms with Crippen LogP contribution in [-0.2, 0) is 16.4 Å². The summed E-state index contributed by atoms with van der Waals surface area (Å²) < 4.78 is 30.5. The van der Waals surface area contributed by atoms with Gasteiger partial charge in [0.1, 0.15) is 5.75 Å². The van der Waals surface area contributed by atoms with Crippen molar-refractivity contribution in [2.75, 3.05) is 46.1 Å². The van der Waals surface area contributed by atoms with E-state index in [2.05, 4.69) is 27.1 Å². The minimum absolute atomic E-state index is 0.0519. The zero-order valence-electron chi connectivity index (χ0n) is 16.3. The topological polar surface area (TPSA) is 96.7 Å². The number of benzene rings is 1. The number of fused-ring (bicyclic) bond motifs is 3. The van der Waals surface area contributed by atoms with Crippen LogP contribution in [0.1, 0.15) is 36.4 Å². The van der Waals surface area contributed by atoms with Gasteiger partial charge in [-0.25, -0.2) is 13.1 Å². The lowest BCUT2D eigenvalue weighted by Gasteiger charge is -2.50. The average Bonchev–Trinajstić information content (AvgIpc) is 2.64. The number of piperidine rings is 1. The van der Waals surface area contributed by atoms with E-state index in [4.69, 9.17) is 10.5 Å². The molecule has 8 heteroatoms. The van der Waals surface area contributed by atoms with Gasteiger partial charge in [-0.2, -0.15) is 0 Å². The third-order valence-electron chi connectivity index (χ3n) is 5.89. The molecule has 0 aliphatic carbocycles. The van der Waals surface area contributed by atoms with E-state index in [0.29, 0.717) is 25.7 Å². The van der Waals surface area contributed by atoms with E-state index < -0.39 is 10.0 Å². The Labute approximate surface area is 162 Å². The zero-order valence-corrected chi connectivity index (χ0v) is 17.1. The van der Waals surface area contributed by atoms with Crippen LogP contribution in [0, 0.1) is 0 Å². The number of hydrogen-bond donors (Lipinski definition) is 3. The Hall–Kier alpha value is -1.19. The number of ether oxygens (including phenoxy) is 1. The minimum Gasteiger partial charge on any atom is -0.497 e. The second kappa shape index (κ2) is 8.45. The van der Waals surface area contributed by atoms with E-state index in [-0.39, 0.29) is 5.54 Å². The molecule has 2 aliphatic rings. The lowest BCUT2D eigenvalue weighted by molar-refractivity contribution is 0.0650. The number of nitrogens with one attached hydrogen (secondary N) is 2. The van der Waals surface area contributed by atoms with Crippen molar-refractivity contribution < 1.29 is 13.2 Å². The van der Waals surface area contributed by atoms with E-state index in [9.17, 15) is 8.42 Å². The maximum absolute atomic E-state index is 11.3. The molecule has 4 N–H and O–H groups in total. The van der Waals surface area contributed by atoms with Crippen LogP contribution in [0.15, 0.2) is 18.2 Å². The molecule has 7 nitrogen and oxygen atoms in total. The quantitative estimate of drug-likeness (QED) is 0.557. The van der Waals surface area contributed by atoms with Crippen molar-refractivity contribution in [2.45, 2.75) is 37.3 Å². The summed E-state index contributed by atoms with van der Waals surface area (Å²) in [6, 6.07) is 6.78. The van der Waals surface area contributed by atoms with Gasteiger partial charge >= 0.3 is 0 Å². The Morgan fingerprint density at radius 2 is 2.15 bits per heavy atom. The first kappa shape index (κ1) is 20.5. The predicted octanol–water partition coefficient (Wildman–Crippen LogP) is 0.615. The van der Waals surface area contributed by atoms with Gasteiger partial charge in [-0.15, -0.1) is 0 Å². The molecule has 2 atom stereocenters. The highest BCUT2D eigenvalue weighted by atomic mass is 32.2. The summed E-state index contributed by atoms with van der Waals surface area (Å²) in [5.74, 6) is 0.913. The fraction of sp³-hybridized carbons (Fsp3) is 0.684. The van der Waals surface area contributed by atoms with Crippen LogP contribution in [0.5, 0.6) is 5.75 Å². The highest BCUT2D eigenvalue weighted by Crippen LogP contribution is 2.42. The van der Waals surface area contributed by atoms with Gasteiger partial charge in [0.25, 0.3) is 0 Å². The highest BCUT2D eigenvalue weighted by molar-refractivity contribution is 7.88. The smallest absolute Gasteiger partial charge is 0.208 e. The summed E-state index contributed by atoms with van der Waals surface area (Å²) >= 11 is 0. The molecule has 3 rings (SSSR count). The molecule has 0 radical (unpaired) electrons. The fourth-order valence-corrected chi connectivity index (χ4v) is 4.99. The Morgan fingerprint density at radius 3 is 2.85 bits per heavy atom. The van der Waals surface area contributed by atoms with Gasteiger partial charge in [0.2, 0.25) is 10.0 Å². The number of sulfonamides is 1. The lowest BCUT2D eigenvalue weighted by Crippen LogP contribution is -2.57. The van der Waals surface area contributed by atoms with E-state index >= 15 is 0 Å². The van der Waals surface area contributed by atoms with Crippen LogP contribution in [-0.4, -0.2) is 64.9 Å². The molecule has 1 saturated heterocycles. The van der Waals surface area contributed by atoms with Gasteiger partial charge in [-0.05, 0) is 55.5 Å². The zero-order chi connectivity index (χ0) is 19.5. The van der Waals surface area contributed by atoms with Crippen LogP contribution in [0.25, 0.3) is 0 Å². The van der Waals surface area contributed by atoms with Crippen LogP contribution in [0.4, 0.5) is 0 Å². The summed E-state index contributed by atoms with van der Waals surface area (Å²) in [4.78, 5) is 2.57. The maximum atomic E-state index is 11.3. The van der Waals surface area contributed by atoms with Gasteiger partial charge < -0.3 is 15.8 Å². The fourth-order valence-electron chi connectivity index (χ4n) is 4.52. The standard InChI is InChI=1S/C19H32N4O3S/c1-26-16-3-4-17-15(13-16)5-11-23-12-7-19(6-8-20,14-18(17)23)21-9-10-22-27(2,24)25/h3-4,13,18,21-22H,5-12,14,20H2,1-2H3. The SMILES string of the molecule is COc1ccc2c(c1)CCN1CCC(CCN)(NCCNS(C)(=O)=O)CC21. The molecule has 1 aromatic carbocycles. The van der Waals surface area contributed by atoms with Crippen molar-refractivity contribution in [3.63, 3.8) is 0 Å². The molecular weight excluding hydrogens is 364 g/mol. The summed E-state index contributed by atoms with van der Waals surface area (Å²) in [5, 5.41) is 3.64. The molecule has 27 heavy (non-hydrogen) atoms. The van der Waals surface area contributed by atoms with Crippen LogP contribution in [0.2, 0.25) is 0 Å².